The number of methoxy groups -OCH3 is 1. The Hall–Kier alpha value is -2.89. The lowest BCUT2D eigenvalue weighted by Crippen LogP contribution is -2.42. The van der Waals surface area contributed by atoms with Crippen molar-refractivity contribution in [3.63, 3.8) is 0 Å². The first kappa shape index (κ1) is 25.4. The van der Waals surface area contributed by atoms with Gasteiger partial charge in [0, 0.05) is 16.2 Å². The van der Waals surface area contributed by atoms with E-state index in [2.05, 4.69) is 10.1 Å². The number of benzene rings is 2. The summed E-state index contributed by atoms with van der Waals surface area (Å²) in [4.78, 5) is 24.8. The molecule has 2 aromatic rings. The molecule has 2 aromatic carbocycles. The molecular formula is C20H17F6NO4S. The van der Waals surface area contributed by atoms with Gasteiger partial charge in [-0.3, -0.25) is 9.00 Å². The van der Waals surface area contributed by atoms with Crippen LogP contribution in [-0.2, 0) is 32.7 Å². The first-order valence-electron chi connectivity index (χ1n) is 8.94. The van der Waals surface area contributed by atoms with Crippen LogP contribution in [0.3, 0.4) is 0 Å². The Bertz CT molecular complexity index is 960. The Kier molecular flexibility index (Phi) is 8.05. The zero-order chi connectivity index (χ0) is 24.1. The average Bonchev–Trinajstić information content (AvgIpc) is 2.74. The third-order valence-electron chi connectivity index (χ3n) is 4.24. The predicted octanol–water partition coefficient (Wildman–Crippen LogP) is 4.19. The Morgan fingerprint density at radius 3 is 1.97 bits per heavy atom. The van der Waals surface area contributed by atoms with E-state index < -0.39 is 57.8 Å². The zero-order valence-corrected chi connectivity index (χ0v) is 17.2. The van der Waals surface area contributed by atoms with E-state index in [4.69, 9.17) is 0 Å². The summed E-state index contributed by atoms with van der Waals surface area (Å²) >= 11 is 0. The second kappa shape index (κ2) is 10.2. The van der Waals surface area contributed by atoms with Gasteiger partial charge in [0.05, 0.1) is 29.0 Å². The first-order chi connectivity index (χ1) is 14.8. The van der Waals surface area contributed by atoms with Gasteiger partial charge in [-0.1, -0.05) is 18.2 Å². The summed E-state index contributed by atoms with van der Waals surface area (Å²) in [5.41, 5.74) is -4.28. The number of rotatable bonds is 7. The highest BCUT2D eigenvalue weighted by Gasteiger charge is 2.37. The summed E-state index contributed by atoms with van der Waals surface area (Å²) < 4.78 is 94.9. The van der Waals surface area contributed by atoms with Crippen molar-refractivity contribution in [3.05, 3.63) is 65.2 Å². The first-order valence-corrected chi connectivity index (χ1v) is 10.3. The summed E-state index contributed by atoms with van der Waals surface area (Å²) in [5, 5.41) is 2.07. The molecule has 0 spiro atoms. The molecule has 0 bridgehead atoms. The van der Waals surface area contributed by atoms with E-state index in [1.54, 1.807) is 30.3 Å². The molecule has 12 heteroatoms. The summed E-state index contributed by atoms with van der Waals surface area (Å²) in [6, 6.07) is 7.06. The van der Waals surface area contributed by atoms with Gasteiger partial charge >= 0.3 is 18.3 Å². The van der Waals surface area contributed by atoms with Crippen LogP contribution in [0, 0.1) is 0 Å². The van der Waals surface area contributed by atoms with Crippen molar-refractivity contribution in [1.29, 1.82) is 0 Å². The highest BCUT2D eigenvalue weighted by Crippen LogP contribution is 2.36. The molecule has 0 aromatic heterocycles. The van der Waals surface area contributed by atoms with Crippen molar-refractivity contribution >= 4 is 22.7 Å². The minimum absolute atomic E-state index is 0.114. The topological polar surface area (TPSA) is 72.5 Å². The summed E-state index contributed by atoms with van der Waals surface area (Å²) in [6.07, 6.45) is -10.5. The molecule has 0 aliphatic rings. The van der Waals surface area contributed by atoms with E-state index in [1.165, 1.54) is 0 Å². The molecule has 1 N–H and O–H groups in total. The molecule has 0 radical (unpaired) electrons. The number of alkyl halides is 6. The lowest BCUT2D eigenvalue weighted by Gasteiger charge is -2.18. The van der Waals surface area contributed by atoms with Crippen LogP contribution in [0.5, 0.6) is 0 Å². The molecule has 0 unspecified atom stereocenters. The minimum atomic E-state index is -5.13. The molecule has 0 saturated carbocycles. The third-order valence-corrected chi connectivity index (χ3v) is 5.64. The van der Waals surface area contributed by atoms with E-state index in [0.717, 1.165) is 7.11 Å². The maximum atomic E-state index is 13.0. The van der Waals surface area contributed by atoms with Crippen molar-refractivity contribution < 1.29 is 44.9 Å². The zero-order valence-electron chi connectivity index (χ0n) is 16.4. The van der Waals surface area contributed by atoms with Crippen LogP contribution in [0.15, 0.2) is 53.4 Å². The second-order valence-corrected chi connectivity index (χ2v) is 8.07. The highest BCUT2D eigenvalue weighted by molar-refractivity contribution is 7.85. The molecule has 2 atom stereocenters. The highest BCUT2D eigenvalue weighted by atomic mass is 32.2. The number of hydrogen-bond acceptors (Lipinski definition) is 4. The predicted molar refractivity (Wildman–Crippen MR) is 102 cm³/mol. The Labute approximate surface area is 181 Å². The van der Waals surface area contributed by atoms with Gasteiger partial charge in [-0.15, -0.1) is 0 Å². The van der Waals surface area contributed by atoms with Gasteiger partial charge in [0.15, 0.2) is 0 Å². The third kappa shape index (κ3) is 6.81. The van der Waals surface area contributed by atoms with Gasteiger partial charge in [-0.25, -0.2) is 4.79 Å². The molecule has 2 rings (SSSR count). The number of carbonyl (C=O) groups excluding carboxylic acids is 2. The van der Waals surface area contributed by atoms with Gasteiger partial charge in [0.2, 0.25) is 0 Å². The second-order valence-electron chi connectivity index (χ2n) is 6.50. The van der Waals surface area contributed by atoms with E-state index in [0.29, 0.717) is 4.90 Å². The number of nitrogens with one attached hydrogen (secondary N) is 1. The van der Waals surface area contributed by atoms with E-state index >= 15 is 0 Å². The Morgan fingerprint density at radius 2 is 1.50 bits per heavy atom. The van der Waals surface area contributed by atoms with Gasteiger partial charge < -0.3 is 10.1 Å². The normalized spacial score (nSPS) is 13.8. The SMILES string of the molecule is COC(=O)[C@H](CC[S@@](=O)c1ccccc1)NC(=O)c1cc(C(F)(F)F)cc(C(F)(F)F)c1. The van der Waals surface area contributed by atoms with Crippen molar-refractivity contribution in [2.75, 3.05) is 12.9 Å². The number of carbonyl (C=O) groups is 2. The van der Waals surface area contributed by atoms with Gasteiger partial charge in [0.1, 0.15) is 6.04 Å². The van der Waals surface area contributed by atoms with Crippen LogP contribution in [0.1, 0.15) is 27.9 Å². The maximum Gasteiger partial charge on any atom is 0.416 e. The van der Waals surface area contributed by atoms with Crippen LogP contribution in [0.4, 0.5) is 26.3 Å². The van der Waals surface area contributed by atoms with Crippen molar-refractivity contribution in [2.24, 2.45) is 0 Å². The van der Waals surface area contributed by atoms with Gasteiger partial charge in [-0.2, -0.15) is 26.3 Å². The molecule has 174 valence electrons. The molecule has 0 fully saturated rings. The molecule has 0 heterocycles. The lowest BCUT2D eigenvalue weighted by molar-refractivity contribution is -0.144. The summed E-state index contributed by atoms with van der Waals surface area (Å²) in [7, 11) is -0.582. The number of hydrogen-bond donors (Lipinski definition) is 1. The lowest BCUT2D eigenvalue weighted by atomic mass is 10.0. The molecule has 5 nitrogen and oxygen atoms in total. The quantitative estimate of drug-likeness (QED) is 0.476. The van der Waals surface area contributed by atoms with Crippen LogP contribution >= 0.6 is 0 Å². The van der Waals surface area contributed by atoms with Crippen LogP contribution in [-0.4, -0.2) is 35.0 Å². The van der Waals surface area contributed by atoms with Gasteiger partial charge in [-0.05, 0) is 36.8 Å². The fourth-order valence-electron chi connectivity index (χ4n) is 2.63. The van der Waals surface area contributed by atoms with Crippen molar-refractivity contribution in [2.45, 2.75) is 29.7 Å². The van der Waals surface area contributed by atoms with Crippen molar-refractivity contribution in [1.82, 2.24) is 5.32 Å². The number of esters is 1. The average molecular weight is 481 g/mol. The van der Waals surface area contributed by atoms with Crippen molar-refractivity contribution in [3.8, 4) is 0 Å². The maximum absolute atomic E-state index is 13.0. The molecular weight excluding hydrogens is 464 g/mol. The number of ether oxygens (including phenoxy) is 1. The van der Waals surface area contributed by atoms with Crippen LogP contribution in [0.25, 0.3) is 0 Å². The monoisotopic (exact) mass is 481 g/mol. The van der Waals surface area contributed by atoms with E-state index in [1.807, 2.05) is 0 Å². The van der Waals surface area contributed by atoms with E-state index in [-0.39, 0.29) is 30.4 Å². The standard InChI is InChI=1S/C20H17F6NO4S/c1-31-18(29)16(7-8-32(30)15-5-3-2-4-6-15)27-17(28)12-9-13(19(21,22)23)11-14(10-12)20(24,25)26/h2-6,9-11,16H,7-8H2,1H3,(H,27,28)/t16-,32+/m0/s1. The van der Waals surface area contributed by atoms with Gasteiger partial charge in [0.25, 0.3) is 5.91 Å². The Balaban J connectivity index is 2.25. The number of halogens is 6. The molecule has 32 heavy (non-hydrogen) atoms. The molecule has 1 amide bonds. The summed E-state index contributed by atoms with van der Waals surface area (Å²) in [6.45, 7) is 0. The fourth-order valence-corrected chi connectivity index (χ4v) is 3.78. The minimum Gasteiger partial charge on any atom is -0.467 e. The molecule has 0 aliphatic heterocycles. The molecule has 0 aliphatic carbocycles. The Morgan fingerprint density at radius 1 is 0.969 bits per heavy atom. The molecule has 0 saturated heterocycles. The van der Waals surface area contributed by atoms with E-state index in [9.17, 15) is 40.1 Å². The number of amides is 1. The van der Waals surface area contributed by atoms with Crippen LogP contribution < -0.4 is 5.32 Å². The smallest absolute Gasteiger partial charge is 0.416 e. The fraction of sp³-hybridized carbons (Fsp3) is 0.300. The van der Waals surface area contributed by atoms with Crippen LogP contribution in [0.2, 0.25) is 0 Å². The summed E-state index contributed by atoms with van der Waals surface area (Å²) in [5.74, 6) is -2.46. The largest absolute Gasteiger partial charge is 0.467 e.